The highest BCUT2D eigenvalue weighted by molar-refractivity contribution is 5.93. The number of urea groups is 1. The second-order valence-electron chi connectivity index (χ2n) is 7.87. The second-order valence-corrected chi connectivity index (χ2v) is 7.87. The third-order valence-electron chi connectivity index (χ3n) is 5.49. The first kappa shape index (κ1) is 24.1. The molecule has 1 atom stereocenters. The van der Waals surface area contributed by atoms with Gasteiger partial charge in [-0.2, -0.15) is 0 Å². The number of para-hydroxylation sites is 2. The van der Waals surface area contributed by atoms with E-state index in [1.807, 2.05) is 43.3 Å². The Hall–Kier alpha value is -3.55. The van der Waals surface area contributed by atoms with Gasteiger partial charge in [0.05, 0.1) is 31.3 Å². The number of benzene rings is 2. The van der Waals surface area contributed by atoms with Gasteiger partial charge in [-0.25, -0.2) is 4.79 Å². The van der Waals surface area contributed by atoms with Gasteiger partial charge in [-0.3, -0.25) is 9.59 Å². The monoisotopic (exact) mass is 452 g/mol. The number of nitrogens with zero attached hydrogens (tertiary/aromatic N) is 1. The van der Waals surface area contributed by atoms with Gasteiger partial charge in [0.25, 0.3) is 0 Å². The van der Waals surface area contributed by atoms with Gasteiger partial charge in [0.1, 0.15) is 5.75 Å². The van der Waals surface area contributed by atoms with E-state index in [-0.39, 0.29) is 30.8 Å². The molecule has 0 saturated carbocycles. The number of rotatable bonds is 6. The Balaban J connectivity index is 1.69. The quantitative estimate of drug-likeness (QED) is 0.625. The Morgan fingerprint density at radius 3 is 2.61 bits per heavy atom. The van der Waals surface area contributed by atoms with E-state index in [0.717, 1.165) is 24.8 Å². The Labute approximate surface area is 194 Å². The number of hydrogen-bond acceptors (Lipinski definition) is 4. The smallest absolute Gasteiger partial charge is 0.319 e. The summed E-state index contributed by atoms with van der Waals surface area (Å²) < 4.78 is 5.52. The summed E-state index contributed by atoms with van der Waals surface area (Å²) in [4.78, 5) is 39.9. The molecule has 3 rings (SSSR count). The molecule has 0 radical (unpaired) electrons. The minimum absolute atomic E-state index is 0.0817. The zero-order valence-corrected chi connectivity index (χ0v) is 19.0. The van der Waals surface area contributed by atoms with Crippen LogP contribution in [0.15, 0.2) is 54.6 Å². The summed E-state index contributed by atoms with van der Waals surface area (Å²) in [7, 11) is 0. The molecule has 8 nitrogen and oxygen atoms in total. The van der Waals surface area contributed by atoms with Crippen molar-refractivity contribution in [2.24, 2.45) is 0 Å². The average molecular weight is 453 g/mol. The minimum atomic E-state index is -0.495. The zero-order valence-electron chi connectivity index (χ0n) is 19.0. The molecule has 2 aromatic rings. The van der Waals surface area contributed by atoms with Crippen LogP contribution in [0.25, 0.3) is 0 Å². The van der Waals surface area contributed by atoms with E-state index in [0.29, 0.717) is 31.1 Å². The van der Waals surface area contributed by atoms with E-state index in [1.54, 1.807) is 23.1 Å². The molecule has 1 heterocycles. The summed E-state index contributed by atoms with van der Waals surface area (Å²) in [5, 5.41) is 8.32. The highest BCUT2D eigenvalue weighted by Crippen LogP contribution is 2.26. The van der Waals surface area contributed by atoms with Crippen LogP contribution in [0.3, 0.4) is 0 Å². The van der Waals surface area contributed by atoms with Crippen LogP contribution in [0.1, 0.15) is 44.2 Å². The summed E-state index contributed by atoms with van der Waals surface area (Å²) in [6, 6.07) is 15.8. The molecule has 3 N–H and O–H groups in total. The van der Waals surface area contributed by atoms with Gasteiger partial charge < -0.3 is 25.6 Å². The maximum Gasteiger partial charge on any atom is 0.319 e. The standard InChI is InChI=1S/C25H32N4O4/c1-2-33-22-14-8-7-13-20(22)28-25(32)27-18-24(31)29-16-10-4-9-15-26-23(30)17-21(29)19-11-5-3-6-12-19/h3,5-8,11-14,21H,2,4,9-10,15-18H2,1H3,(H,26,30)(H2,27,28,32). The molecule has 0 bridgehead atoms. The number of carbonyl (C=O) groups is 3. The molecule has 176 valence electrons. The molecule has 1 fully saturated rings. The first-order valence-corrected chi connectivity index (χ1v) is 11.5. The molecule has 1 unspecified atom stereocenters. The van der Waals surface area contributed by atoms with E-state index in [4.69, 9.17) is 4.74 Å². The lowest BCUT2D eigenvalue weighted by molar-refractivity contribution is -0.134. The van der Waals surface area contributed by atoms with Crippen LogP contribution in [0.2, 0.25) is 0 Å². The predicted molar refractivity (Wildman–Crippen MR) is 127 cm³/mol. The van der Waals surface area contributed by atoms with E-state index < -0.39 is 6.03 Å². The summed E-state index contributed by atoms with van der Waals surface area (Å²) in [5.74, 6) is 0.250. The third kappa shape index (κ3) is 7.24. The topological polar surface area (TPSA) is 99.8 Å². The molecule has 4 amide bonds. The molecule has 8 heteroatoms. The van der Waals surface area contributed by atoms with E-state index in [2.05, 4.69) is 16.0 Å². The summed E-state index contributed by atoms with van der Waals surface area (Å²) in [6.07, 6.45) is 2.81. The van der Waals surface area contributed by atoms with E-state index >= 15 is 0 Å². The van der Waals surface area contributed by atoms with Crippen molar-refractivity contribution in [1.29, 1.82) is 0 Å². The molecule has 1 aliphatic heterocycles. The largest absolute Gasteiger partial charge is 0.492 e. The number of amides is 4. The van der Waals surface area contributed by atoms with Crippen molar-refractivity contribution in [3.63, 3.8) is 0 Å². The van der Waals surface area contributed by atoms with Gasteiger partial charge in [-0.05, 0) is 43.9 Å². The number of carbonyl (C=O) groups excluding carboxylic acids is 3. The molecular weight excluding hydrogens is 420 g/mol. The van der Waals surface area contributed by atoms with Crippen LogP contribution in [-0.2, 0) is 9.59 Å². The first-order chi connectivity index (χ1) is 16.1. The molecule has 0 aromatic heterocycles. The highest BCUT2D eigenvalue weighted by Gasteiger charge is 2.28. The zero-order chi connectivity index (χ0) is 23.5. The Bertz CT molecular complexity index is 935. The lowest BCUT2D eigenvalue weighted by atomic mass is 10.00. The predicted octanol–water partition coefficient (Wildman–Crippen LogP) is 3.47. The fourth-order valence-corrected chi connectivity index (χ4v) is 3.87. The number of hydrogen-bond donors (Lipinski definition) is 3. The van der Waals surface area contributed by atoms with Crippen molar-refractivity contribution in [2.75, 3.05) is 31.6 Å². The molecule has 2 aromatic carbocycles. The molecule has 0 spiro atoms. The highest BCUT2D eigenvalue weighted by atomic mass is 16.5. The third-order valence-corrected chi connectivity index (χ3v) is 5.49. The van der Waals surface area contributed by atoms with Gasteiger partial charge in [-0.15, -0.1) is 0 Å². The summed E-state index contributed by atoms with van der Waals surface area (Å²) in [6.45, 7) is 3.35. The van der Waals surface area contributed by atoms with Crippen LogP contribution in [0.5, 0.6) is 5.75 Å². The first-order valence-electron chi connectivity index (χ1n) is 11.5. The van der Waals surface area contributed by atoms with Crippen molar-refractivity contribution in [3.05, 3.63) is 60.2 Å². The van der Waals surface area contributed by atoms with Crippen molar-refractivity contribution in [2.45, 2.75) is 38.6 Å². The van der Waals surface area contributed by atoms with Crippen LogP contribution >= 0.6 is 0 Å². The van der Waals surface area contributed by atoms with Crippen molar-refractivity contribution >= 4 is 23.5 Å². The van der Waals surface area contributed by atoms with Gasteiger partial charge in [0, 0.05) is 13.1 Å². The average Bonchev–Trinajstić information content (AvgIpc) is 2.83. The second kappa shape index (κ2) is 12.5. The SMILES string of the molecule is CCOc1ccccc1NC(=O)NCC(=O)N1CCCCCNC(=O)CC1c1ccccc1. The van der Waals surface area contributed by atoms with E-state index in [1.165, 1.54) is 0 Å². The number of nitrogens with one attached hydrogen (secondary N) is 3. The van der Waals surface area contributed by atoms with Crippen molar-refractivity contribution in [3.8, 4) is 5.75 Å². The molecule has 1 aliphatic rings. The van der Waals surface area contributed by atoms with Gasteiger partial charge in [0.2, 0.25) is 11.8 Å². The van der Waals surface area contributed by atoms with Gasteiger partial charge in [-0.1, -0.05) is 42.5 Å². The van der Waals surface area contributed by atoms with Crippen molar-refractivity contribution in [1.82, 2.24) is 15.5 Å². The summed E-state index contributed by atoms with van der Waals surface area (Å²) >= 11 is 0. The van der Waals surface area contributed by atoms with Crippen LogP contribution in [0, 0.1) is 0 Å². The minimum Gasteiger partial charge on any atom is -0.492 e. The fourth-order valence-electron chi connectivity index (χ4n) is 3.87. The van der Waals surface area contributed by atoms with Gasteiger partial charge >= 0.3 is 6.03 Å². The van der Waals surface area contributed by atoms with Crippen LogP contribution in [-0.4, -0.2) is 49.0 Å². The van der Waals surface area contributed by atoms with Crippen LogP contribution < -0.4 is 20.7 Å². The summed E-state index contributed by atoms with van der Waals surface area (Å²) in [5.41, 5.74) is 1.43. The number of ether oxygens (including phenoxy) is 1. The van der Waals surface area contributed by atoms with Crippen molar-refractivity contribution < 1.29 is 19.1 Å². The Kier molecular flexibility index (Phi) is 9.11. The Morgan fingerprint density at radius 1 is 1.06 bits per heavy atom. The maximum absolute atomic E-state index is 13.2. The van der Waals surface area contributed by atoms with Gasteiger partial charge in [0.15, 0.2) is 0 Å². The number of anilines is 1. The maximum atomic E-state index is 13.2. The molecule has 1 saturated heterocycles. The Morgan fingerprint density at radius 2 is 1.82 bits per heavy atom. The van der Waals surface area contributed by atoms with E-state index in [9.17, 15) is 14.4 Å². The molecule has 33 heavy (non-hydrogen) atoms. The lowest BCUT2D eigenvalue weighted by Gasteiger charge is -2.33. The molecule has 0 aliphatic carbocycles. The molecular formula is C25H32N4O4. The normalized spacial score (nSPS) is 16.9. The fraction of sp³-hybridized carbons (Fsp3) is 0.400. The lowest BCUT2D eigenvalue weighted by Crippen LogP contribution is -2.45. The van der Waals surface area contributed by atoms with Crippen LogP contribution in [0.4, 0.5) is 10.5 Å².